The molecule has 2 rings (SSSR count). The summed E-state index contributed by atoms with van der Waals surface area (Å²) in [5.74, 6) is -0.0883. The topological polar surface area (TPSA) is 51.2 Å². The first-order valence-electron chi connectivity index (χ1n) is 4.27. The molecule has 1 aromatic carbocycles. The van der Waals surface area contributed by atoms with Crippen molar-refractivity contribution in [3.63, 3.8) is 0 Å². The molecule has 1 aromatic rings. The minimum Gasteiger partial charge on any atom is -0.294 e. The Bertz CT molecular complexity index is 558. The first kappa shape index (κ1) is 10.4. The van der Waals surface area contributed by atoms with E-state index in [1.807, 2.05) is 0 Å². The number of allylic oxidation sites excluding steroid dienone is 1. The van der Waals surface area contributed by atoms with Crippen LogP contribution in [0.25, 0.3) is 6.08 Å². The van der Waals surface area contributed by atoms with Gasteiger partial charge in [0, 0.05) is 28.2 Å². The molecule has 0 aliphatic heterocycles. The van der Waals surface area contributed by atoms with Crippen LogP contribution in [0.5, 0.6) is 0 Å². The number of hydrogen-bond acceptors (Lipinski definition) is 3. The van der Waals surface area contributed by atoms with Gasteiger partial charge in [0.2, 0.25) is 0 Å². The number of fused-ring (bicyclic) bond motifs is 1. The van der Waals surface area contributed by atoms with Crippen LogP contribution in [0.1, 0.15) is 22.3 Å². The summed E-state index contributed by atoms with van der Waals surface area (Å²) in [4.78, 5) is 11.5. The van der Waals surface area contributed by atoms with Crippen LogP contribution in [0.3, 0.4) is 0 Å². The average molecular weight is 243 g/mol. The third kappa shape index (κ3) is 1.82. The van der Waals surface area contributed by atoms with Crippen molar-refractivity contribution in [1.82, 2.24) is 0 Å². The fourth-order valence-electron chi connectivity index (χ4n) is 1.57. The van der Waals surface area contributed by atoms with Crippen LogP contribution in [0, 0.1) is 0 Å². The average Bonchev–Trinajstić information content (AvgIpc) is 2.16. The van der Waals surface area contributed by atoms with Gasteiger partial charge in [-0.3, -0.25) is 4.79 Å². The van der Waals surface area contributed by atoms with Crippen LogP contribution in [0.15, 0.2) is 29.2 Å². The smallest absolute Gasteiger partial charge is 0.261 e. The molecule has 0 saturated carbocycles. The third-order valence-corrected chi connectivity index (χ3v) is 3.60. The molecule has 5 heteroatoms. The third-order valence-electron chi connectivity index (χ3n) is 2.22. The number of hydrogen-bond donors (Lipinski definition) is 0. The molecule has 0 heterocycles. The number of halogens is 1. The highest BCUT2D eigenvalue weighted by atomic mass is 35.7. The van der Waals surface area contributed by atoms with E-state index in [0.717, 1.165) is 0 Å². The maximum Gasteiger partial charge on any atom is 0.261 e. The molecule has 0 amide bonds. The van der Waals surface area contributed by atoms with Crippen molar-refractivity contribution >= 4 is 31.6 Å². The molecule has 0 aromatic heterocycles. The van der Waals surface area contributed by atoms with Crippen molar-refractivity contribution in [2.75, 3.05) is 0 Å². The molecule has 0 saturated heterocycles. The van der Waals surface area contributed by atoms with Gasteiger partial charge in [-0.15, -0.1) is 0 Å². The lowest BCUT2D eigenvalue weighted by molar-refractivity contribution is 0.0994. The fraction of sp³-hybridized carbons (Fsp3) is 0.100. The Morgan fingerprint density at radius 3 is 2.67 bits per heavy atom. The van der Waals surface area contributed by atoms with E-state index in [9.17, 15) is 13.2 Å². The van der Waals surface area contributed by atoms with Gasteiger partial charge in [-0.1, -0.05) is 24.3 Å². The van der Waals surface area contributed by atoms with Crippen LogP contribution in [-0.4, -0.2) is 14.2 Å². The Labute approximate surface area is 91.8 Å². The molecule has 15 heavy (non-hydrogen) atoms. The fourth-order valence-corrected chi connectivity index (χ4v) is 2.65. The number of benzene rings is 1. The Morgan fingerprint density at radius 2 is 2.00 bits per heavy atom. The summed E-state index contributed by atoms with van der Waals surface area (Å²) in [6.07, 6.45) is 3.56. The number of Topliss-reactive ketones (excluding diaryl/α,β-unsaturated/α-hetero) is 1. The van der Waals surface area contributed by atoms with E-state index in [1.165, 1.54) is 12.1 Å². The van der Waals surface area contributed by atoms with Crippen molar-refractivity contribution in [3.8, 4) is 0 Å². The van der Waals surface area contributed by atoms with Crippen LogP contribution >= 0.6 is 10.7 Å². The summed E-state index contributed by atoms with van der Waals surface area (Å²) in [5.41, 5.74) is 0.808. The molecular formula is C10H7ClO3S. The van der Waals surface area contributed by atoms with Gasteiger partial charge in [-0.25, -0.2) is 8.42 Å². The highest BCUT2D eigenvalue weighted by Crippen LogP contribution is 2.28. The summed E-state index contributed by atoms with van der Waals surface area (Å²) in [7, 11) is 1.47. The monoisotopic (exact) mass is 242 g/mol. The molecule has 0 unspecified atom stereocenters. The van der Waals surface area contributed by atoms with E-state index in [2.05, 4.69) is 0 Å². The van der Waals surface area contributed by atoms with Gasteiger partial charge in [0.25, 0.3) is 9.05 Å². The van der Waals surface area contributed by atoms with Gasteiger partial charge in [0.15, 0.2) is 5.78 Å². The Balaban J connectivity index is 2.78. The van der Waals surface area contributed by atoms with E-state index in [-0.39, 0.29) is 10.7 Å². The molecular weight excluding hydrogens is 236 g/mol. The van der Waals surface area contributed by atoms with E-state index >= 15 is 0 Å². The maximum atomic E-state index is 11.5. The lowest BCUT2D eigenvalue weighted by Gasteiger charge is -2.11. The van der Waals surface area contributed by atoms with Crippen molar-refractivity contribution in [2.24, 2.45) is 0 Å². The SMILES string of the molecule is O=C1CC=Cc2c1cccc2S(=O)(=O)Cl. The molecule has 0 radical (unpaired) electrons. The largest absolute Gasteiger partial charge is 0.294 e. The number of rotatable bonds is 1. The van der Waals surface area contributed by atoms with E-state index in [0.29, 0.717) is 17.5 Å². The summed E-state index contributed by atoms with van der Waals surface area (Å²) in [6, 6.07) is 4.52. The minimum atomic E-state index is -3.80. The van der Waals surface area contributed by atoms with Gasteiger partial charge < -0.3 is 0 Å². The van der Waals surface area contributed by atoms with Crippen molar-refractivity contribution < 1.29 is 13.2 Å². The van der Waals surface area contributed by atoms with Crippen molar-refractivity contribution in [1.29, 1.82) is 0 Å². The molecule has 78 valence electrons. The molecule has 1 aliphatic carbocycles. The number of ketones is 1. The Kier molecular flexibility index (Phi) is 2.40. The van der Waals surface area contributed by atoms with E-state index in [4.69, 9.17) is 10.7 Å². The minimum absolute atomic E-state index is 0.00836. The summed E-state index contributed by atoms with van der Waals surface area (Å²) >= 11 is 0. The predicted molar refractivity (Wildman–Crippen MR) is 57.5 cm³/mol. The van der Waals surface area contributed by atoms with Crippen molar-refractivity contribution in [3.05, 3.63) is 35.4 Å². The Hall–Kier alpha value is -1.13. The molecule has 0 spiro atoms. The molecule has 1 aliphatic rings. The second-order valence-electron chi connectivity index (χ2n) is 3.18. The van der Waals surface area contributed by atoms with Gasteiger partial charge in [0.05, 0.1) is 4.90 Å². The molecule has 0 atom stereocenters. The Morgan fingerprint density at radius 1 is 1.27 bits per heavy atom. The first-order valence-corrected chi connectivity index (χ1v) is 6.58. The standard InChI is InChI=1S/C10H7ClO3S/c11-15(13,14)10-6-2-3-7-8(10)4-1-5-9(7)12/h1-4,6H,5H2. The second-order valence-corrected chi connectivity index (χ2v) is 5.72. The quantitative estimate of drug-likeness (QED) is 0.710. The van der Waals surface area contributed by atoms with E-state index in [1.54, 1.807) is 18.2 Å². The zero-order chi connectivity index (χ0) is 11.1. The zero-order valence-electron chi connectivity index (χ0n) is 7.60. The number of carbonyl (C=O) groups excluding carboxylic acids is 1. The lowest BCUT2D eigenvalue weighted by Crippen LogP contribution is -2.07. The van der Waals surface area contributed by atoms with E-state index < -0.39 is 9.05 Å². The molecule has 0 bridgehead atoms. The normalized spacial score (nSPS) is 15.1. The molecule has 3 nitrogen and oxygen atoms in total. The summed E-state index contributed by atoms with van der Waals surface area (Å²) in [5, 5.41) is 0. The summed E-state index contributed by atoms with van der Waals surface area (Å²) in [6.45, 7) is 0. The maximum absolute atomic E-state index is 11.5. The molecule has 0 fully saturated rings. The second kappa shape index (κ2) is 3.47. The van der Waals surface area contributed by atoms with Crippen LogP contribution in [0.2, 0.25) is 0 Å². The van der Waals surface area contributed by atoms with Crippen LogP contribution < -0.4 is 0 Å². The highest BCUT2D eigenvalue weighted by Gasteiger charge is 2.21. The summed E-state index contributed by atoms with van der Waals surface area (Å²) < 4.78 is 22.5. The van der Waals surface area contributed by atoms with Crippen LogP contribution in [-0.2, 0) is 9.05 Å². The van der Waals surface area contributed by atoms with Gasteiger partial charge >= 0.3 is 0 Å². The number of carbonyl (C=O) groups is 1. The predicted octanol–water partition coefficient (Wildman–Crippen LogP) is 2.21. The lowest BCUT2D eigenvalue weighted by atomic mass is 9.96. The van der Waals surface area contributed by atoms with Crippen molar-refractivity contribution in [2.45, 2.75) is 11.3 Å². The van der Waals surface area contributed by atoms with Crippen LogP contribution in [0.4, 0.5) is 0 Å². The van der Waals surface area contributed by atoms with Gasteiger partial charge in [0.1, 0.15) is 0 Å². The zero-order valence-corrected chi connectivity index (χ0v) is 9.18. The van der Waals surface area contributed by atoms with Gasteiger partial charge in [-0.2, -0.15) is 0 Å². The first-order chi connectivity index (χ1) is 7.00. The van der Waals surface area contributed by atoms with Gasteiger partial charge in [-0.05, 0) is 6.07 Å². The molecule has 0 N–H and O–H groups in total. The highest BCUT2D eigenvalue weighted by molar-refractivity contribution is 8.13.